The molecule has 0 unspecified atom stereocenters. The third-order valence-electron chi connectivity index (χ3n) is 3.58. The van der Waals surface area contributed by atoms with Gasteiger partial charge in [0.1, 0.15) is 17.2 Å². The number of hydrogen-bond acceptors (Lipinski definition) is 4. The highest BCUT2D eigenvalue weighted by Crippen LogP contribution is 2.17. The van der Waals surface area contributed by atoms with Gasteiger partial charge in [-0.25, -0.2) is 4.98 Å². The lowest BCUT2D eigenvalue weighted by Crippen LogP contribution is -2.20. The minimum Gasteiger partial charge on any atom is -0.497 e. The molecule has 1 amide bonds. The molecule has 0 saturated heterocycles. The number of pyridine rings is 1. The Bertz CT molecular complexity index is 958. The van der Waals surface area contributed by atoms with Crippen molar-refractivity contribution in [3.8, 4) is 23.3 Å². The highest BCUT2D eigenvalue weighted by Gasteiger charge is 2.04. The first-order chi connectivity index (χ1) is 13.2. The van der Waals surface area contributed by atoms with Crippen molar-refractivity contribution in [1.82, 2.24) is 4.98 Å². The number of hydrogen-bond donors (Lipinski definition) is 1. The molecule has 27 heavy (non-hydrogen) atoms. The molecule has 5 heteroatoms. The first-order valence-corrected chi connectivity index (χ1v) is 8.33. The molecule has 3 rings (SSSR count). The van der Waals surface area contributed by atoms with E-state index >= 15 is 0 Å². The second kappa shape index (κ2) is 9.07. The molecule has 1 aromatic heterocycles. The number of rotatable bonds is 5. The maximum absolute atomic E-state index is 12.1. The number of amides is 1. The topological polar surface area (TPSA) is 60.5 Å². The maximum Gasteiger partial charge on any atom is 0.262 e. The number of anilines is 1. The number of nitrogens with zero attached hydrogens (tertiary/aromatic N) is 1. The van der Waals surface area contributed by atoms with Gasteiger partial charge in [0.25, 0.3) is 5.91 Å². The van der Waals surface area contributed by atoms with Crippen molar-refractivity contribution in [1.29, 1.82) is 0 Å². The monoisotopic (exact) mass is 358 g/mol. The highest BCUT2D eigenvalue weighted by molar-refractivity contribution is 5.92. The van der Waals surface area contributed by atoms with Crippen molar-refractivity contribution in [3.63, 3.8) is 0 Å². The Morgan fingerprint density at radius 3 is 2.56 bits per heavy atom. The van der Waals surface area contributed by atoms with E-state index in [0.29, 0.717) is 17.1 Å². The molecule has 0 fully saturated rings. The molecule has 0 spiro atoms. The summed E-state index contributed by atoms with van der Waals surface area (Å²) < 4.78 is 10.6. The summed E-state index contributed by atoms with van der Waals surface area (Å²) in [6, 6.07) is 19.9. The zero-order valence-electron chi connectivity index (χ0n) is 14.8. The van der Waals surface area contributed by atoms with Gasteiger partial charge in [-0.1, -0.05) is 18.1 Å². The zero-order chi connectivity index (χ0) is 18.9. The van der Waals surface area contributed by atoms with Crippen molar-refractivity contribution in [2.75, 3.05) is 19.0 Å². The molecule has 0 aliphatic heterocycles. The summed E-state index contributed by atoms with van der Waals surface area (Å²) in [5.74, 6) is 7.11. The van der Waals surface area contributed by atoms with Gasteiger partial charge in [-0.05, 0) is 60.5 Å². The fourth-order valence-electron chi connectivity index (χ4n) is 2.27. The normalized spacial score (nSPS) is 9.67. The van der Waals surface area contributed by atoms with Crippen LogP contribution in [0.1, 0.15) is 11.3 Å². The van der Waals surface area contributed by atoms with E-state index in [9.17, 15) is 4.79 Å². The molecule has 0 saturated carbocycles. The Labute approximate surface area is 158 Å². The predicted molar refractivity (Wildman–Crippen MR) is 104 cm³/mol. The van der Waals surface area contributed by atoms with Gasteiger partial charge in [0.2, 0.25) is 0 Å². The second-order valence-corrected chi connectivity index (χ2v) is 5.56. The average molecular weight is 358 g/mol. The van der Waals surface area contributed by atoms with Gasteiger partial charge >= 0.3 is 0 Å². The van der Waals surface area contributed by atoms with Crippen LogP contribution in [0.15, 0.2) is 72.9 Å². The standard InChI is InChI=1S/C22H18N2O3/c1-26-20-10-12-21(13-11-20)27-16-22(25)24-19-7-4-5-17(15-19)8-9-18-6-2-3-14-23-18/h2-7,10-15H,16H2,1H3,(H,24,25). The Kier molecular flexibility index (Phi) is 6.05. The van der Waals surface area contributed by atoms with Crippen LogP contribution in [0.4, 0.5) is 5.69 Å². The van der Waals surface area contributed by atoms with Crippen molar-refractivity contribution in [2.45, 2.75) is 0 Å². The van der Waals surface area contributed by atoms with Gasteiger partial charge in [0.15, 0.2) is 6.61 Å². The minimum absolute atomic E-state index is 0.0871. The number of ether oxygens (including phenoxy) is 2. The van der Waals surface area contributed by atoms with Gasteiger partial charge < -0.3 is 14.8 Å². The van der Waals surface area contributed by atoms with Crippen LogP contribution in [-0.4, -0.2) is 24.6 Å². The first-order valence-electron chi connectivity index (χ1n) is 8.33. The van der Waals surface area contributed by atoms with Gasteiger partial charge in [0.05, 0.1) is 7.11 Å². The maximum atomic E-state index is 12.1. The fourth-order valence-corrected chi connectivity index (χ4v) is 2.27. The Morgan fingerprint density at radius 1 is 1.00 bits per heavy atom. The molecule has 0 bridgehead atoms. The number of carbonyl (C=O) groups is 1. The number of carbonyl (C=O) groups excluding carboxylic acids is 1. The van der Waals surface area contributed by atoms with Crippen molar-refractivity contribution in [3.05, 3.63) is 84.2 Å². The van der Waals surface area contributed by atoms with Crippen LogP contribution in [0.3, 0.4) is 0 Å². The van der Waals surface area contributed by atoms with Gasteiger partial charge in [-0.15, -0.1) is 0 Å². The van der Waals surface area contributed by atoms with E-state index in [1.54, 1.807) is 49.7 Å². The van der Waals surface area contributed by atoms with E-state index in [0.717, 1.165) is 11.3 Å². The number of nitrogens with one attached hydrogen (secondary N) is 1. The van der Waals surface area contributed by atoms with Crippen molar-refractivity contribution >= 4 is 11.6 Å². The molecule has 134 valence electrons. The molecule has 0 atom stereocenters. The molecule has 0 aliphatic carbocycles. The zero-order valence-corrected chi connectivity index (χ0v) is 14.8. The highest BCUT2D eigenvalue weighted by atomic mass is 16.5. The van der Waals surface area contributed by atoms with Gasteiger partial charge in [-0.2, -0.15) is 0 Å². The quantitative estimate of drug-likeness (QED) is 0.709. The lowest BCUT2D eigenvalue weighted by Gasteiger charge is -2.08. The molecule has 0 radical (unpaired) electrons. The largest absolute Gasteiger partial charge is 0.497 e. The van der Waals surface area contributed by atoms with E-state index in [4.69, 9.17) is 9.47 Å². The summed E-state index contributed by atoms with van der Waals surface area (Å²) in [6.45, 7) is -0.0871. The number of benzene rings is 2. The Balaban J connectivity index is 1.57. The van der Waals surface area contributed by atoms with Crippen LogP contribution in [-0.2, 0) is 4.79 Å². The van der Waals surface area contributed by atoms with Crippen molar-refractivity contribution < 1.29 is 14.3 Å². The SMILES string of the molecule is COc1ccc(OCC(=O)Nc2cccc(C#Cc3ccccn3)c2)cc1. The molecular weight excluding hydrogens is 340 g/mol. The summed E-state index contributed by atoms with van der Waals surface area (Å²) in [6.07, 6.45) is 1.70. The molecule has 5 nitrogen and oxygen atoms in total. The molecule has 2 aromatic carbocycles. The third-order valence-corrected chi connectivity index (χ3v) is 3.58. The summed E-state index contributed by atoms with van der Waals surface area (Å²) in [7, 11) is 1.60. The predicted octanol–water partition coefficient (Wildman–Crippen LogP) is 3.51. The van der Waals surface area contributed by atoms with Crippen LogP contribution >= 0.6 is 0 Å². The van der Waals surface area contributed by atoms with E-state index < -0.39 is 0 Å². The van der Waals surface area contributed by atoms with Crippen LogP contribution in [0, 0.1) is 11.8 Å². The van der Waals surface area contributed by atoms with Crippen LogP contribution in [0.2, 0.25) is 0 Å². The summed E-state index contributed by atoms with van der Waals surface area (Å²) in [4.78, 5) is 16.3. The summed E-state index contributed by atoms with van der Waals surface area (Å²) in [5, 5.41) is 2.80. The second-order valence-electron chi connectivity index (χ2n) is 5.56. The first kappa shape index (κ1) is 18.0. The third kappa shape index (κ3) is 5.62. The molecule has 1 heterocycles. The van der Waals surface area contributed by atoms with Crippen LogP contribution in [0.5, 0.6) is 11.5 Å². The van der Waals surface area contributed by atoms with E-state index in [-0.39, 0.29) is 12.5 Å². The summed E-state index contributed by atoms with van der Waals surface area (Å²) >= 11 is 0. The minimum atomic E-state index is -0.249. The van der Waals surface area contributed by atoms with Crippen molar-refractivity contribution in [2.24, 2.45) is 0 Å². The van der Waals surface area contributed by atoms with E-state index in [2.05, 4.69) is 22.1 Å². The van der Waals surface area contributed by atoms with Gasteiger partial charge in [0, 0.05) is 17.4 Å². The smallest absolute Gasteiger partial charge is 0.262 e. The molecular formula is C22H18N2O3. The lowest BCUT2D eigenvalue weighted by atomic mass is 10.2. The van der Waals surface area contributed by atoms with Gasteiger partial charge in [-0.3, -0.25) is 4.79 Å². The lowest BCUT2D eigenvalue weighted by molar-refractivity contribution is -0.118. The molecule has 3 aromatic rings. The summed E-state index contributed by atoms with van der Waals surface area (Å²) in [5.41, 5.74) is 2.14. The average Bonchev–Trinajstić information content (AvgIpc) is 2.72. The Hall–Kier alpha value is -3.78. The number of methoxy groups -OCH3 is 1. The van der Waals surface area contributed by atoms with E-state index in [1.165, 1.54) is 0 Å². The van der Waals surface area contributed by atoms with E-state index in [1.807, 2.05) is 30.3 Å². The van der Waals surface area contributed by atoms with Crippen LogP contribution in [0.25, 0.3) is 0 Å². The molecule has 0 aliphatic rings. The molecule has 1 N–H and O–H groups in total. The fraction of sp³-hybridized carbons (Fsp3) is 0.0909. The number of aromatic nitrogens is 1. The van der Waals surface area contributed by atoms with Crippen LogP contribution < -0.4 is 14.8 Å². The Morgan fingerprint density at radius 2 is 1.81 bits per heavy atom.